The van der Waals surface area contributed by atoms with Crippen LogP contribution >= 0.6 is 0 Å². The Bertz CT molecular complexity index is 724. The van der Waals surface area contributed by atoms with E-state index in [0.717, 1.165) is 55.4 Å². The van der Waals surface area contributed by atoms with Gasteiger partial charge in [0.2, 0.25) is 5.95 Å². The van der Waals surface area contributed by atoms with E-state index >= 15 is 0 Å². The summed E-state index contributed by atoms with van der Waals surface area (Å²) in [5, 5.41) is 3.46. The number of hydrogen-bond acceptors (Lipinski definition) is 5. The summed E-state index contributed by atoms with van der Waals surface area (Å²) in [6.45, 7) is 9.10. The van der Waals surface area contributed by atoms with E-state index < -0.39 is 0 Å². The van der Waals surface area contributed by atoms with Gasteiger partial charge in [-0.25, -0.2) is 14.4 Å². The lowest BCUT2D eigenvalue weighted by Gasteiger charge is -2.32. The molecule has 140 valence electrons. The maximum atomic E-state index is 13.7. The second-order valence-corrected chi connectivity index (χ2v) is 6.87. The van der Waals surface area contributed by atoms with Gasteiger partial charge in [-0.2, -0.15) is 0 Å². The fourth-order valence-electron chi connectivity index (χ4n) is 3.38. The molecule has 3 rings (SSSR count). The fourth-order valence-corrected chi connectivity index (χ4v) is 3.38. The van der Waals surface area contributed by atoms with Crippen LogP contribution in [0.15, 0.2) is 24.3 Å². The Morgan fingerprint density at radius 1 is 1.15 bits per heavy atom. The van der Waals surface area contributed by atoms with E-state index in [4.69, 9.17) is 4.74 Å². The average Bonchev–Trinajstić information content (AvgIpc) is 2.59. The summed E-state index contributed by atoms with van der Waals surface area (Å²) in [4.78, 5) is 11.3. The Morgan fingerprint density at radius 3 is 2.50 bits per heavy atom. The fraction of sp³-hybridized carbons (Fsp3) is 0.500. The van der Waals surface area contributed by atoms with Crippen LogP contribution in [0.3, 0.4) is 0 Å². The largest absolute Gasteiger partial charge is 0.491 e. The number of nitrogens with zero attached hydrogens (tertiary/aromatic N) is 3. The molecule has 0 bridgehead atoms. The van der Waals surface area contributed by atoms with Gasteiger partial charge in [0.05, 0.1) is 6.61 Å². The summed E-state index contributed by atoms with van der Waals surface area (Å²) in [6, 6.07) is 7.51. The Labute approximate surface area is 154 Å². The zero-order chi connectivity index (χ0) is 18.5. The number of halogens is 1. The second-order valence-electron chi connectivity index (χ2n) is 6.87. The van der Waals surface area contributed by atoms with E-state index in [1.165, 1.54) is 6.07 Å². The molecule has 26 heavy (non-hydrogen) atoms. The van der Waals surface area contributed by atoms with Crippen LogP contribution in [0.5, 0.6) is 5.75 Å². The Balaban J connectivity index is 1.53. The van der Waals surface area contributed by atoms with Crippen molar-refractivity contribution in [2.75, 3.05) is 25.0 Å². The molecule has 6 heteroatoms. The molecule has 1 fully saturated rings. The first-order valence-corrected chi connectivity index (χ1v) is 9.26. The van der Waals surface area contributed by atoms with E-state index in [-0.39, 0.29) is 5.82 Å². The molecule has 0 aliphatic carbocycles. The van der Waals surface area contributed by atoms with E-state index in [0.29, 0.717) is 18.4 Å². The van der Waals surface area contributed by atoms with Crippen molar-refractivity contribution in [3.8, 4) is 5.75 Å². The van der Waals surface area contributed by atoms with Gasteiger partial charge in [0.25, 0.3) is 0 Å². The van der Waals surface area contributed by atoms with E-state index in [1.807, 2.05) is 39.0 Å². The highest BCUT2D eigenvalue weighted by Crippen LogP contribution is 2.22. The lowest BCUT2D eigenvalue weighted by molar-refractivity contribution is 0.210. The number of anilines is 1. The van der Waals surface area contributed by atoms with Crippen molar-refractivity contribution in [2.45, 2.75) is 46.2 Å². The molecular weight excluding hydrogens is 331 g/mol. The van der Waals surface area contributed by atoms with Crippen molar-refractivity contribution in [3.05, 3.63) is 47.0 Å². The minimum atomic E-state index is -0.299. The monoisotopic (exact) mass is 358 g/mol. The van der Waals surface area contributed by atoms with Gasteiger partial charge in [0.15, 0.2) is 11.6 Å². The van der Waals surface area contributed by atoms with E-state index in [1.54, 1.807) is 0 Å². The molecule has 0 radical (unpaired) electrons. The summed E-state index contributed by atoms with van der Waals surface area (Å²) >= 11 is 0. The van der Waals surface area contributed by atoms with Crippen LogP contribution in [-0.2, 0) is 6.54 Å². The number of hydrogen-bond donors (Lipinski definition) is 1. The molecule has 0 atom stereocenters. The Hall–Kier alpha value is -2.21. The summed E-state index contributed by atoms with van der Waals surface area (Å²) in [7, 11) is 0. The molecule has 1 aliphatic heterocycles. The van der Waals surface area contributed by atoms with Gasteiger partial charge in [-0.15, -0.1) is 0 Å². The van der Waals surface area contributed by atoms with E-state index in [9.17, 15) is 4.39 Å². The van der Waals surface area contributed by atoms with Crippen LogP contribution in [0.25, 0.3) is 0 Å². The summed E-state index contributed by atoms with van der Waals surface area (Å²) in [6.07, 6.45) is 2.08. The first-order chi connectivity index (χ1) is 12.5. The molecule has 0 amide bonds. The van der Waals surface area contributed by atoms with Crippen molar-refractivity contribution in [1.82, 2.24) is 14.9 Å². The molecule has 2 aromatic rings. The maximum absolute atomic E-state index is 13.7. The number of rotatable bonds is 6. The maximum Gasteiger partial charge on any atom is 0.223 e. The standard InChI is InChI=1S/C20H27FN4O/c1-4-26-19-12-16(5-6-18(19)21)13-25-9-7-17(8-10-25)24-20-22-14(2)11-15(3)23-20/h5-6,11-12,17H,4,7-10,13H2,1-3H3,(H,22,23,24). The minimum absolute atomic E-state index is 0.299. The second kappa shape index (κ2) is 8.45. The van der Waals surface area contributed by atoms with Gasteiger partial charge in [-0.05, 0) is 57.4 Å². The topological polar surface area (TPSA) is 50.3 Å². The predicted octanol–water partition coefficient (Wildman–Crippen LogP) is 3.71. The Kier molecular flexibility index (Phi) is 6.04. The van der Waals surface area contributed by atoms with Crippen LogP contribution in [0.2, 0.25) is 0 Å². The highest BCUT2D eigenvalue weighted by molar-refractivity contribution is 5.31. The molecule has 1 N–H and O–H groups in total. The number of likely N-dealkylation sites (tertiary alicyclic amines) is 1. The van der Waals surface area contributed by atoms with Crippen LogP contribution in [0.1, 0.15) is 36.7 Å². The molecule has 2 heterocycles. The van der Waals surface area contributed by atoms with Crippen molar-refractivity contribution >= 4 is 5.95 Å². The lowest BCUT2D eigenvalue weighted by atomic mass is 10.0. The normalized spacial score (nSPS) is 15.8. The zero-order valence-electron chi connectivity index (χ0n) is 15.8. The van der Waals surface area contributed by atoms with Crippen molar-refractivity contribution < 1.29 is 9.13 Å². The van der Waals surface area contributed by atoms with Gasteiger partial charge in [0.1, 0.15) is 0 Å². The van der Waals surface area contributed by atoms with Gasteiger partial charge in [-0.3, -0.25) is 4.90 Å². The zero-order valence-corrected chi connectivity index (χ0v) is 15.8. The van der Waals surface area contributed by atoms with Crippen LogP contribution < -0.4 is 10.1 Å². The van der Waals surface area contributed by atoms with Crippen molar-refractivity contribution in [1.29, 1.82) is 0 Å². The van der Waals surface area contributed by atoms with Gasteiger partial charge < -0.3 is 10.1 Å². The molecule has 0 spiro atoms. The number of aryl methyl sites for hydroxylation is 2. The highest BCUT2D eigenvalue weighted by Gasteiger charge is 2.20. The quantitative estimate of drug-likeness (QED) is 0.853. The minimum Gasteiger partial charge on any atom is -0.491 e. The highest BCUT2D eigenvalue weighted by atomic mass is 19.1. The number of ether oxygens (including phenoxy) is 1. The summed E-state index contributed by atoms with van der Waals surface area (Å²) in [5.41, 5.74) is 3.05. The molecule has 0 saturated carbocycles. The number of piperidine rings is 1. The van der Waals surface area contributed by atoms with Gasteiger partial charge in [0, 0.05) is 37.1 Å². The first-order valence-electron chi connectivity index (χ1n) is 9.26. The molecular formula is C20H27FN4O. The molecule has 0 unspecified atom stereocenters. The van der Waals surface area contributed by atoms with Gasteiger partial charge >= 0.3 is 0 Å². The van der Waals surface area contributed by atoms with Crippen molar-refractivity contribution in [3.63, 3.8) is 0 Å². The molecule has 1 aromatic heterocycles. The first kappa shape index (κ1) is 18.6. The van der Waals surface area contributed by atoms with E-state index in [2.05, 4.69) is 20.2 Å². The van der Waals surface area contributed by atoms with Gasteiger partial charge in [-0.1, -0.05) is 6.07 Å². The molecule has 5 nitrogen and oxygen atoms in total. The number of benzene rings is 1. The van der Waals surface area contributed by atoms with Crippen LogP contribution in [-0.4, -0.2) is 40.6 Å². The SMILES string of the molecule is CCOc1cc(CN2CCC(Nc3nc(C)cc(C)n3)CC2)ccc1F. The van der Waals surface area contributed by atoms with Crippen LogP contribution in [0, 0.1) is 19.7 Å². The van der Waals surface area contributed by atoms with Crippen molar-refractivity contribution in [2.24, 2.45) is 0 Å². The third-order valence-electron chi connectivity index (χ3n) is 4.60. The molecule has 1 aliphatic rings. The smallest absolute Gasteiger partial charge is 0.223 e. The molecule has 1 aromatic carbocycles. The third-order valence-corrected chi connectivity index (χ3v) is 4.60. The lowest BCUT2D eigenvalue weighted by Crippen LogP contribution is -2.39. The average molecular weight is 358 g/mol. The Morgan fingerprint density at radius 2 is 1.85 bits per heavy atom. The number of aromatic nitrogens is 2. The number of nitrogens with one attached hydrogen (secondary N) is 1. The third kappa shape index (κ3) is 4.91. The summed E-state index contributed by atoms with van der Waals surface area (Å²) in [5.74, 6) is 0.765. The predicted molar refractivity (Wildman–Crippen MR) is 101 cm³/mol. The molecule has 1 saturated heterocycles. The summed E-state index contributed by atoms with van der Waals surface area (Å²) < 4.78 is 19.0. The van der Waals surface area contributed by atoms with Crippen LogP contribution in [0.4, 0.5) is 10.3 Å².